The Labute approximate surface area is 178 Å². The summed E-state index contributed by atoms with van der Waals surface area (Å²) in [4.78, 5) is 12.8. The molecule has 0 fully saturated rings. The number of sulfonamides is 1. The summed E-state index contributed by atoms with van der Waals surface area (Å²) in [5, 5.41) is 2.98. The van der Waals surface area contributed by atoms with Crippen LogP contribution in [-0.4, -0.2) is 25.2 Å². The molecule has 0 aromatic heterocycles. The highest BCUT2D eigenvalue weighted by atomic mass is 32.2. The van der Waals surface area contributed by atoms with E-state index in [2.05, 4.69) is 5.32 Å². The lowest BCUT2D eigenvalue weighted by atomic mass is 10.1. The molecular formula is C24H26N2O3S. The van der Waals surface area contributed by atoms with Gasteiger partial charge in [0.05, 0.1) is 10.9 Å². The van der Waals surface area contributed by atoms with Crippen molar-refractivity contribution in [2.24, 2.45) is 0 Å². The average molecular weight is 423 g/mol. The molecule has 1 N–H and O–H groups in total. The Kier molecular flexibility index (Phi) is 7.03. The Hall–Kier alpha value is -2.96. The van der Waals surface area contributed by atoms with Crippen LogP contribution in [0.2, 0.25) is 0 Å². The Morgan fingerprint density at radius 1 is 0.900 bits per heavy atom. The van der Waals surface area contributed by atoms with Crippen molar-refractivity contribution < 1.29 is 13.2 Å². The third-order valence-corrected chi connectivity index (χ3v) is 6.89. The summed E-state index contributed by atoms with van der Waals surface area (Å²) in [6.45, 7) is 4.35. The fourth-order valence-corrected chi connectivity index (χ4v) is 4.64. The Balaban J connectivity index is 1.68. The van der Waals surface area contributed by atoms with Crippen molar-refractivity contribution in [2.45, 2.75) is 31.3 Å². The van der Waals surface area contributed by atoms with Crippen molar-refractivity contribution in [3.05, 3.63) is 102 Å². The van der Waals surface area contributed by atoms with E-state index >= 15 is 0 Å². The molecule has 3 rings (SSSR count). The van der Waals surface area contributed by atoms with Gasteiger partial charge in [0.25, 0.3) is 5.91 Å². The standard InChI is InChI=1S/C24H26N2O3S/c1-3-26(30(28,29)23-12-8-5-9-13-23)18-20-14-16-22(17-15-20)24(27)25-19(2)21-10-6-4-7-11-21/h4-17,19H,3,18H2,1-2H3,(H,25,27). The van der Waals surface area contributed by atoms with Crippen molar-refractivity contribution >= 4 is 15.9 Å². The van der Waals surface area contributed by atoms with Gasteiger partial charge >= 0.3 is 0 Å². The predicted octanol–water partition coefficient (Wildman–Crippen LogP) is 4.39. The van der Waals surface area contributed by atoms with Crippen LogP contribution >= 0.6 is 0 Å². The third-order valence-electron chi connectivity index (χ3n) is 4.96. The zero-order chi connectivity index (χ0) is 21.6. The predicted molar refractivity (Wildman–Crippen MR) is 118 cm³/mol. The van der Waals surface area contributed by atoms with E-state index in [0.29, 0.717) is 12.1 Å². The van der Waals surface area contributed by atoms with Gasteiger partial charge in [0.2, 0.25) is 10.0 Å². The molecule has 0 spiro atoms. The molecule has 0 heterocycles. The van der Waals surface area contributed by atoms with E-state index in [4.69, 9.17) is 0 Å². The second kappa shape index (κ2) is 9.69. The van der Waals surface area contributed by atoms with E-state index < -0.39 is 10.0 Å². The van der Waals surface area contributed by atoms with Gasteiger partial charge < -0.3 is 5.32 Å². The van der Waals surface area contributed by atoms with Crippen molar-refractivity contribution in [1.29, 1.82) is 0 Å². The highest BCUT2D eigenvalue weighted by Crippen LogP contribution is 2.19. The minimum absolute atomic E-state index is 0.107. The Morgan fingerprint density at radius 3 is 2.03 bits per heavy atom. The SMILES string of the molecule is CCN(Cc1ccc(C(=O)NC(C)c2ccccc2)cc1)S(=O)(=O)c1ccccc1. The molecule has 156 valence electrons. The first-order valence-electron chi connectivity index (χ1n) is 9.91. The molecule has 1 amide bonds. The van der Waals surface area contributed by atoms with Crippen LogP contribution in [-0.2, 0) is 16.6 Å². The first kappa shape index (κ1) is 21.7. The Morgan fingerprint density at radius 2 is 1.47 bits per heavy atom. The second-order valence-electron chi connectivity index (χ2n) is 7.05. The molecule has 0 aliphatic carbocycles. The van der Waals surface area contributed by atoms with Crippen LogP contribution in [0.1, 0.15) is 41.4 Å². The normalized spacial score (nSPS) is 12.5. The summed E-state index contributed by atoms with van der Waals surface area (Å²) in [5.41, 5.74) is 2.40. The molecule has 3 aromatic carbocycles. The molecular weight excluding hydrogens is 396 g/mol. The van der Waals surface area contributed by atoms with Crippen LogP contribution in [0.15, 0.2) is 89.8 Å². The maximum Gasteiger partial charge on any atom is 0.251 e. The first-order valence-corrected chi connectivity index (χ1v) is 11.4. The Bertz CT molecular complexity index is 1070. The van der Waals surface area contributed by atoms with Gasteiger partial charge in [-0.25, -0.2) is 8.42 Å². The highest BCUT2D eigenvalue weighted by molar-refractivity contribution is 7.89. The molecule has 6 heteroatoms. The topological polar surface area (TPSA) is 66.5 Å². The molecule has 5 nitrogen and oxygen atoms in total. The van der Waals surface area contributed by atoms with Crippen LogP contribution in [0, 0.1) is 0 Å². The quantitative estimate of drug-likeness (QED) is 0.586. The number of carbonyl (C=O) groups is 1. The van der Waals surface area contributed by atoms with Gasteiger partial charge in [-0.05, 0) is 42.3 Å². The number of benzene rings is 3. The van der Waals surface area contributed by atoms with Gasteiger partial charge in [0, 0.05) is 18.7 Å². The second-order valence-corrected chi connectivity index (χ2v) is 8.98. The maximum atomic E-state index is 12.9. The number of nitrogens with one attached hydrogen (secondary N) is 1. The summed E-state index contributed by atoms with van der Waals surface area (Å²) in [6.07, 6.45) is 0. The molecule has 30 heavy (non-hydrogen) atoms. The minimum atomic E-state index is -3.57. The number of amides is 1. The van der Waals surface area contributed by atoms with E-state index in [-0.39, 0.29) is 23.4 Å². The monoisotopic (exact) mass is 422 g/mol. The summed E-state index contributed by atoms with van der Waals surface area (Å²) >= 11 is 0. The van der Waals surface area contributed by atoms with E-state index in [9.17, 15) is 13.2 Å². The van der Waals surface area contributed by atoms with Crippen LogP contribution in [0.4, 0.5) is 0 Å². The lowest BCUT2D eigenvalue weighted by Crippen LogP contribution is -2.30. The van der Waals surface area contributed by atoms with E-state index in [1.165, 1.54) is 4.31 Å². The van der Waals surface area contributed by atoms with E-state index in [0.717, 1.165) is 11.1 Å². The van der Waals surface area contributed by atoms with Crippen molar-refractivity contribution in [3.63, 3.8) is 0 Å². The number of nitrogens with zero attached hydrogens (tertiary/aromatic N) is 1. The zero-order valence-electron chi connectivity index (χ0n) is 17.2. The number of carbonyl (C=O) groups excluding carboxylic acids is 1. The molecule has 0 saturated carbocycles. The van der Waals surface area contributed by atoms with Crippen LogP contribution in [0.5, 0.6) is 0 Å². The molecule has 1 atom stereocenters. The largest absolute Gasteiger partial charge is 0.346 e. The van der Waals surface area contributed by atoms with Gasteiger partial charge in [-0.2, -0.15) is 4.31 Å². The fourth-order valence-electron chi connectivity index (χ4n) is 3.18. The summed E-state index contributed by atoms with van der Waals surface area (Å²) in [7, 11) is -3.57. The van der Waals surface area contributed by atoms with Gasteiger partial charge in [-0.3, -0.25) is 4.79 Å². The van der Waals surface area contributed by atoms with Gasteiger partial charge in [-0.1, -0.05) is 67.6 Å². The van der Waals surface area contributed by atoms with E-state index in [1.807, 2.05) is 44.2 Å². The summed E-state index contributed by atoms with van der Waals surface area (Å²) < 4.78 is 27.1. The average Bonchev–Trinajstić information content (AvgIpc) is 2.78. The lowest BCUT2D eigenvalue weighted by molar-refractivity contribution is 0.0940. The summed E-state index contributed by atoms with van der Waals surface area (Å²) in [5.74, 6) is -0.165. The molecule has 3 aromatic rings. The fraction of sp³-hybridized carbons (Fsp3) is 0.208. The number of rotatable bonds is 8. The lowest BCUT2D eigenvalue weighted by Gasteiger charge is -2.21. The minimum Gasteiger partial charge on any atom is -0.346 e. The highest BCUT2D eigenvalue weighted by Gasteiger charge is 2.23. The smallest absolute Gasteiger partial charge is 0.251 e. The van der Waals surface area contributed by atoms with Crippen molar-refractivity contribution in [1.82, 2.24) is 9.62 Å². The van der Waals surface area contributed by atoms with Crippen LogP contribution in [0.3, 0.4) is 0 Å². The third kappa shape index (κ3) is 5.14. The van der Waals surface area contributed by atoms with Crippen LogP contribution in [0.25, 0.3) is 0 Å². The maximum absolute atomic E-state index is 12.9. The molecule has 0 saturated heterocycles. The van der Waals surface area contributed by atoms with Gasteiger partial charge in [0.1, 0.15) is 0 Å². The first-order chi connectivity index (χ1) is 14.4. The molecule has 0 aliphatic rings. The molecule has 0 aliphatic heterocycles. The molecule has 0 bridgehead atoms. The zero-order valence-corrected chi connectivity index (χ0v) is 18.0. The van der Waals surface area contributed by atoms with Crippen molar-refractivity contribution in [2.75, 3.05) is 6.54 Å². The number of hydrogen-bond acceptors (Lipinski definition) is 3. The van der Waals surface area contributed by atoms with Crippen molar-refractivity contribution in [3.8, 4) is 0 Å². The number of hydrogen-bond donors (Lipinski definition) is 1. The summed E-state index contributed by atoms with van der Waals surface area (Å²) in [6, 6.07) is 25.1. The van der Waals surface area contributed by atoms with Gasteiger partial charge in [-0.15, -0.1) is 0 Å². The molecule has 0 radical (unpaired) electrons. The van der Waals surface area contributed by atoms with Crippen LogP contribution < -0.4 is 5.32 Å². The van der Waals surface area contributed by atoms with E-state index in [1.54, 1.807) is 54.6 Å². The van der Waals surface area contributed by atoms with Gasteiger partial charge in [0.15, 0.2) is 0 Å². The molecule has 1 unspecified atom stereocenters.